The van der Waals surface area contributed by atoms with Gasteiger partial charge in [-0.3, -0.25) is 0 Å². The molecule has 0 aliphatic heterocycles. The molecular weight excluding hydrogens is 116 g/mol. The molecule has 0 aliphatic rings. The Balaban J connectivity index is 2.67. The van der Waals surface area contributed by atoms with Gasteiger partial charge in [-0.25, -0.2) is 0 Å². The first-order chi connectivity index (χ1) is 3.93. The number of hydrogen-bond donors (Lipinski definition) is 0. The van der Waals surface area contributed by atoms with Gasteiger partial charge in [-0.05, 0) is 17.5 Å². The summed E-state index contributed by atoms with van der Waals surface area (Å²) in [5.41, 5.74) is 0. The Morgan fingerprint density at radius 1 is 1.88 bits per heavy atom. The first kappa shape index (κ1) is 5.40. The van der Waals surface area contributed by atoms with Crippen LogP contribution in [-0.4, -0.2) is 0 Å². The van der Waals surface area contributed by atoms with Crippen molar-refractivity contribution in [3.8, 4) is 12.3 Å². The summed E-state index contributed by atoms with van der Waals surface area (Å²) in [7, 11) is 0. The lowest BCUT2D eigenvalue weighted by Gasteiger charge is -1.78. The highest BCUT2D eigenvalue weighted by atomic mass is 32.1. The van der Waals surface area contributed by atoms with Crippen LogP contribution in [0.3, 0.4) is 0 Å². The van der Waals surface area contributed by atoms with Crippen molar-refractivity contribution in [3.05, 3.63) is 22.4 Å². The molecule has 8 heavy (non-hydrogen) atoms. The molecule has 0 unspecified atom stereocenters. The van der Waals surface area contributed by atoms with Crippen LogP contribution in [0.4, 0.5) is 0 Å². The van der Waals surface area contributed by atoms with Crippen LogP contribution in [0.2, 0.25) is 0 Å². The van der Waals surface area contributed by atoms with Crippen molar-refractivity contribution in [1.82, 2.24) is 0 Å². The van der Waals surface area contributed by atoms with Gasteiger partial charge in [0, 0.05) is 11.3 Å². The van der Waals surface area contributed by atoms with Gasteiger partial charge in [-0.15, -0.1) is 23.7 Å². The minimum absolute atomic E-state index is 0.744. The molecule has 1 heteroatoms. The maximum Gasteiger partial charge on any atom is 0.0432 e. The second-order valence-electron chi connectivity index (χ2n) is 1.39. The molecule has 0 bridgehead atoms. The summed E-state index contributed by atoms with van der Waals surface area (Å²) in [6, 6.07) is 4.86. The van der Waals surface area contributed by atoms with E-state index in [0.717, 1.165) is 6.42 Å². The minimum Gasteiger partial charge on any atom is -0.147 e. The summed E-state index contributed by atoms with van der Waals surface area (Å²) in [6.45, 7) is 0. The third-order valence-electron chi connectivity index (χ3n) is 0.799. The molecular formula is C7H5S. The van der Waals surface area contributed by atoms with Crippen LogP contribution in [0.1, 0.15) is 4.88 Å². The van der Waals surface area contributed by atoms with Gasteiger partial charge in [0.05, 0.1) is 0 Å². The van der Waals surface area contributed by atoms with Crippen LogP contribution in [0.15, 0.2) is 11.4 Å². The maximum atomic E-state index is 5.06. The van der Waals surface area contributed by atoms with Crippen molar-refractivity contribution in [2.75, 3.05) is 0 Å². The average Bonchev–Trinajstić information content (AvgIpc) is 2.19. The third-order valence-corrected chi connectivity index (χ3v) is 1.62. The molecule has 1 aromatic heterocycles. The predicted molar refractivity (Wildman–Crippen MR) is 35.7 cm³/mol. The highest BCUT2D eigenvalue weighted by Crippen LogP contribution is 2.06. The molecule has 0 spiro atoms. The fourth-order valence-electron chi connectivity index (χ4n) is 0.464. The van der Waals surface area contributed by atoms with Gasteiger partial charge in [-0.2, -0.15) is 0 Å². The summed E-state index contributed by atoms with van der Waals surface area (Å²) in [5, 5.41) is 1.91. The molecule has 1 heterocycles. The maximum absolute atomic E-state index is 5.06. The Bertz CT molecular complexity index is 179. The van der Waals surface area contributed by atoms with Crippen LogP contribution < -0.4 is 0 Å². The number of terminal acetylenes is 1. The largest absolute Gasteiger partial charge is 0.147 e. The Morgan fingerprint density at radius 3 is 3.25 bits per heavy atom. The molecule has 0 N–H and O–H groups in total. The highest BCUT2D eigenvalue weighted by Gasteiger charge is 1.85. The fourth-order valence-corrected chi connectivity index (χ4v) is 1.05. The first-order valence-electron chi connectivity index (χ1n) is 2.30. The lowest BCUT2D eigenvalue weighted by Crippen LogP contribution is -1.67. The van der Waals surface area contributed by atoms with Gasteiger partial charge in [0.1, 0.15) is 0 Å². The molecule has 1 radical (unpaired) electrons. The Hall–Kier alpha value is -0.740. The van der Waals surface area contributed by atoms with Gasteiger partial charge in [0.25, 0.3) is 0 Å². The first-order valence-corrected chi connectivity index (χ1v) is 3.18. The lowest BCUT2D eigenvalue weighted by molar-refractivity contribution is 1.41. The summed E-state index contributed by atoms with van der Waals surface area (Å²) in [4.78, 5) is 1.22. The van der Waals surface area contributed by atoms with Crippen molar-refractivity contribution < 1.29 is 0 Å². The monoisotopic (exact) mass is 121 g/mol. The molecule has 0 atom stereocenters. The van der Waals surface area contributed by atoms with Crippen LogP contribution >= 0.6 is 11.3 Å². The van der Waals surface area contributed by atoms with Crippen LogP contribution in [0, 0.1) is 18.4 Å². The second kappa shape index (κ2) is 2.54. The van der Waals surface area contributed by atoms with Gasteiger partial charge >= 0.3 is 0 Å². The van der Waals surface area contributed by atoms with E-state index < -0.39 is 0 Å². The molecule has 0 aromatic carbocycles. The molecule has 0 nitrogen and oxygen atoms in total. The molecule has 0 amide bonds. The van der Waals surface area contributed by atoms with E-state index in [0.29, 0.717) is 0 Å². The molecule has 0 aliphatic carbocycles. The highest BCUT2D eigenvalue weighted by molar-refractivity contribution is 7.09. The Labute approximate surface area is 53.2 Å². The van der Waals surface area contributed by atoms with Gasteiger partial charge in [0.15, 0.2) is 0 Å². The quantitative estimate of drug-likeness (QED) is 0.496. The normalized spacial score (nSPS) is 8.38. The Kier molecular flexibility index (Phi) is 1.71. The summed E-state index contributed by atoms with van der Waals surface area (Å²) in [5.74, 6) is 2.56. The van der Waals surface area contributed by atoms with E-state index in [1.165, 1.54) is 4.88 Å². The molecule has 0 saturated heterocycles. The van der Waals surface area contributed by atoms with Crippen LogP contribution in [0.25, 0.3) is 0 Å². The number of rotatable bonds is 1. The summed E-state index contributed by atoms with van der Waals surface area (Å²) < 4.78 is 0. The van der Waals surface area contributed by atoms with Crippen molar-refractivity contribution in [2.24, 2.45) is 0 Å². The average molecular weight is 121 g/mol. The third kappa shape index (κ3) is 1.11. The van der Waals surface area contributed by atoms with Crippen molar-refractivity contribution >= 4 is 11.3 Å². The van der Waals surface area contributed by atoms with E-state index in [9.17, 15) is 0 Å². The van der Waals surface area contributed by atoms with Crippen molar-refractivity contribution in [2.45, 2.75) is 6.42 Å². The predicted octanol–water partition coefficient (Wildman–Crippen LogP) is 1.72. The zero-order chi connectivity index (χ0) is 5.82. The lowest BCUT2D eigenvalue weighted by atomic mass is 10.4. The van der Waals surface area contributed by atoms with E-state index in [4.69, 9.17) is 6.42 Å². The summed E-state index contributed by atoms with van der Waals surface area (Å²) in [6.07, 6.45) is 5.81. The van der Waals surface area contributed by atoms with E-state index in [-0.39, 0.29) is 0 Å². The topological polar surface area (TPSA) is 0 Å². The van der Waals surface area contributed by atoms with Gasteiger partial charge < -0.3 is 0 Å². The zero-order valence-electron chi connectivity index (χ0n) is 4.35. The van der Waals surface area contributed by atoms with E-state index >= 15 is 0 Å². The number of hydrogen-bond acceptors (Lipinski definition) is 1. The fraction of sp³-hybridized carbons (Fsp3) is 0.143. The van der Waals surface area contributed by atoms with E-state index in [1.54, 1.807) is 11.3 Å². The zero-order valence-corrected chi connectivity index (χ0v) is 5.16. The molecule has 1 rings (SSSR count). The molecule has 1 aromatic rings. The molecule has 0 fully saturated rings. The van der Waals surface area contributed by atoms with Gasteiger partial charge in [0.2, 0.25) is 0 Å². The minimum atomic E-state index is 0.744. The molecule has 0 saturated carbocycles. The number of thiophene rings is 1. The summed E-state index contributed by atoms with van der Waals surface area (Å²) >= 11 is 1.65. The second-order valence-corrected chi connectivity index (χ2v) is 2.39. The van der Waals surface area contributed by atoms with Crippen molar-refractivity contribution in [1.29, 1.82) is 0 Å². The van der Waals surface area contributed by atoms with E-state index in [1.807, 2.05) is 11.4 Å². The van der Waals surface area contributed by atoms with Gasteiger partial charge in [-0.1, -0.05) is 0 Å². The van der Waals surface area contributed by atoms with Crippen LogP contribution in [-0.2, 0) is 6.42 Å². The van der Waals surface area contributed by atoms with Crippen molar-refractivity contribution in [3.63, 3.8) is 0 Å². The smallest absolute Gasteiger partial charge is 0.0432 e. The van der Waals surface area contributed by atoms with Crippen LogP contribution in [0.5, 0.6) is 0 Å². The van der Waals surface area contributed by atoms with E-state index in [2.05, 4.69) is 12.0 Å². The molecule has 39 valence electrons. The SMILES string of the molecule is C#CCc1c[c]cs1. The Morgan fingerprint density at radius 2 is 2.75 bits per heavy atom. The standard InChI is InChI=1S/C7H5S/c1-2-4-7-5-3-6-8-7/h1,5-6H,4H2.